The lowest BCUT2D eigenvalue weighted by Crippen LogP contribution is -2.36. The Morgan fingerprint density at radius 3 is 2.73 bits per heavy atom. The lowest BCUT2D eigenvalue weighted by Gasteiger charge is -2.29. The molecule has 0 atom stereocenters. The number of amides is 2. The maximum Gasteiger partial charge on any atom is 0.325 e. The number of nitrogens with zero attached hydrogens (tertiary/aromatic N) is 2. The van der Waals surface area contributed by atoms with Crippen LogP contribution in [0.1, 0.15) is 5.56 Å². The Labute approximate surface area is 153 Å². The van der Waals surface area contributed by atoms with Gasteiger partial charge < -0.3 is 14.4 Å². The zero-order chi connectivity index (χ0) is 18.7. The fourth-order valence-corrected chi connectivity index (χ4v) is 3.49. The smallest absolute Gasteiger partial charge is 0.325 e. The van der Waals surface area contributed by atoms with Crippen molar-refractivity contribution >= 4 is 40.6 Å². The normalized spacial score (nSPS) is 19.4. The SMILES string of the molecule is COC(=O)CN1C(=O)S/C(=C/c2ccc(N3CCOCC3)c(F)c2)C1=O. The molecule has 0 aliphatic carbocycles. The summed E-state index contributed by atoms with van der Waals surface area (Å²) in [4.78, 5) is 38.3. The monoisotopic (exact) mass is 380 g/mol. The molecule has 0 unspecified atom stereocenters. The van der Waals surface area contributed by atoms with Crippen LogP contribution in [-0.4, -0.2) is 62.0 Å². The molecule has 2 amide bonds. The Morgan fingerprint density at radius 1 is 1.35 bits per heavy atom. The van der Waals surface area contributed by atoms with Crippen molar-refractivity contribution in [3.05, 3.63) is 34.5 Å². The van der Waals surface area contributed by atoms with E-state index in [2.05, 4.69) is 4.74 Å². The average Bonchev–Trinajstić information content (AvgIpc) is 2.90. The molecule has 3 rings (SSSR count). The summed E-state index contributed by atoms with van der Waals surface area (Å²) in [7, 11) is 1.18. The van der Waals surface area contributed by atoms with E-state index in [4.69, 9.17) is 4.74 Å². The first kappa shape index (κ1) is 18.4. The van der Waals surface area contributed by atoms with Crippen LogP contribution in [-0.2, 0) is 19.1 Å². The molecule has 9 heteroatoms. The molecule has 1 aromatic carbocycles. The molecule has 0 saturated carbocycles. The third-order valence-electron chi connectivity index (χ3n) is 4.01. The van der Waals surface area contributed by atoms with Crippen LogP contribution in [0.5, 0.6) is 0 Å². The number of anilines is 1. The predicted molar refractivity (Wildman–Crippen MR) is 94.1 cm³/mol. The largest absolute Gasteiger partial charge is 0.468 e. The van der Waals surface area contributed by atoms with Gasteiger partial charge in [0.25, 0.3) is 11.1 Å². The number of hydrogen-bond acceptors (Lipinski definition) is 7. The third-order valence-corrected chi connectivity index (χ3v) is 4.92. The lowest BCUT2D eigenvalue weighted by atomic mass is 10.1. The summed E-state index contributed by atoms with van der Waals surface area (Å²) >= 11 is 0.709. The second-order valence-corrected chi connectivity index (χ2v) is 6.65. The standard InChI is InChI=1S/C17H17FN2O5S/c1-24-15(21)10-20-16(22)14(26-17(20)23)9-11-2-3-13(12(18)8-11)19-4-6-25-7-5-19/h2-3,8-9H,4-7,10H2,1H3/b14-9+. The van der Waals surface area contributed by atoms with Crippen molar-refractivity contribution in [2.24, 2.45) is 0 Å². The van der Waals surface area contributed by atoms with Crippen LogP contribution in [0.4, 0.5) is 14.9 Å². The highest BCUT2D eigenvalue weighted by Gasteiger charge is 2.36. The van der Waals surface area contributed by atoms with Gasteiger partial charge in [0, 0.05) is 13.1 Å². The molecule has 2 heterocycles. The molecule has 0 bridgehead atoms. The molecule has 0 radical (unpaired) electrons. The fourth-order valence-electron chi connectivity index (χ4n) is 2.65. The number of thioether (sulfide) groups is 1. The Bertz CT molecular complexity index is 776. The summed E-state index contributed by atoms with van der Waals surface area (Å²) in [5.41, 5.74) is 0.937. The number of imide groups is 1. The highest BCUT2D eigenvalue weighted by molar-refractivity contribution is 8.18. The van der Waals surface area contributed by atoms with Crippen molar-refractivity contribution in [1.29, 1.82) is 0 Å². The van der Waals surface area contributed by atoms with Crippen LogP contribution in [0, 0.1) is 5.82 Å². The van der Waals surface area contributed by atoms with Gasteiger partial charge in [0.1, 0.15) is 12.4 Å². The zero-order valence-corrected chi connectivity index (χ0v) is 14.9. The molecule has 2 saturated heterocycles. The fraction of sp³-hybridized carbons (Fsp3) is 0.353. The highest BCUT2D eigenvalue weighted by atomic mass is 32.2. The molecule has 7 nitrogen and oxygen atoms in total. The van der Waals surface area contributed by atoms with Gasteiger partial charge in [0.2, 0.25) is 0 Å². The highest BCUT2D eigenvalue weighted by Crippen LogP contribution is 2.32. The van der Waals surface area contributed by atoms with Crippen LogP contribution in [0.3, 0.4) is 0 Å². The molecule has 2 fully saturated rings. The summed E-state index contributed by atoms with van der Waals surface area (Å²) in [5, 5.41) is -0.558. The van der Waals surface area contributed by atoms with Gasteiger partial charge in [-0.15, -0.1) is 0 Å². The summed E-state index contributed by atoms with van der Waals surface area (Å²) in [6, 6.07) is 4.65. The van der Waals surface area contributed by atoms with Crippen LogP contribution in [0.15, 0.2) is 23.1 Å². The first-order chi connectivity index (χ1) is 12.5. The Morgan fingerprint density at radius 2 is 2.08 bits per heavy atom. The van der Waals surface area contributed by atoms with Gasteiger partial charge in [-0.25, -0.2) is 4.39 Å². The molecular weight excluding hydrogens is 363 g/mol. The lowest BCUT2D eigenvalue weighted by molar-refractivity contribution is -0.143. The van der Waals surface area contributed by atoms with Crippen LogP contribution in [0.25, 0.3) is 6.08 Å². The van der Waals surface area contributed by atoms with Crippen LogP contribution < -0.4 is 4.90 Å². The van der Waals surface area contributed by atoms with Crippen molar-refractivity contribution in [1.82, 2.24) is 4.90 Å². The number of hydrogen-bond donors (Lipinski definition) is 0. The number of carbonyl (C=O) groups is 3. The maximum atomic E-state index is 14.4. The van der Waals surface area contributed by atoms with E-state index in [1.165, 1.54) is 19.3 Å². The van der Waals surface area contributed by atoms with Gasteiger partial charge in [0.15, 0.2) is 0 Å². The first-order valence-corrected chi connectivity index (χ1v) is 8.75. The van der Waals surface area contributed by atoms with Gasteiger partial charge in [-0.1, -0.05) is 6.07 Å². The number of methoxy groups -OCH3 is 1. The molecule has 2 aliphatic rings. The van der Waals surface area contributed by atoms with E-state index in [0.717, 1.165) is 4.90 Å². The summed E-state index contributed by atoms with van der Waals surface area (Å²) in [6.45, 7) is 1.89. The number of carbonyl (C=O) groups excluding carboxylic acids is 3. The molecule has 2 aliphatic heterocycles. The van der Waals surface area contributed by atoms with E-state index in [0.29, 0.717) is 49.3 Å². The van der Waals surface area contributed by atoms with Gasteiger partial charge in [-0.3, -0.25) is 19.3 Å². The summed E-state index contributed by atoms with van der Waals surface area (Å²) < 4.78 is 24.2. The van der Waals surface area contributed by atoms with Crippen molar-refractivity contribution in [3.8, 4) is 0 Å². The van der Waals surface area contributed by atoms with Crippen molar-refractivity contribution in [2.75, 3.05) is 44.9 Å². The van der Waals surface area contributed by atoms with E-state index in [9.17, 15) is 18.8 Å². The Kier molecular flexibility index (Phi) is 5.58. The molecule has 0 aromatic heterocycles. The maximum absolute atomic E-state index is 14.4. The number of esters is 1. The van der Waals surface area contributed by atoms with Gasteiger partial charge in [-0.05, 0) is 35.5 Å². The summed E-state index contributed by atoms with van der Waals surface area (Å²) in [5.74, 6) is -1.69. The second-order valence-electron chi connectivity index (χ2n) is 5.65. The minimum Gasteiger partial charge on any atom is -0.468 e. The minimum atomic E-state index is -0.686. The number of rotatable bonds is 4. The molecule has 26 heavy (non-hydrogen) atoms. The predicted octanol–water partition coefficient (Wildman–Crippen LogP) is 1.87. The molecule has 138 valence electrons. The third kappa shape index (κ3) is 3.88. The van der Waals surface area contributed by atoms with E-state index in [-0.39, 0.29) is 4.91 Å². The number of ether oxygens (including phenoxy) is 2. The minimum absolute atomic E-state index is 0.137. The Balaban J connectivity index is 1.77. The molecule has 0 N–H and O–H groups in total. The van der Waals surface area contributed by atoms with Gasteiger partial charge in [-0.2, -0.15) is 0 Å². The van der Waals surface area contributed by atoms with Gasteiger partial charge in [0.05, 0.1) is 30.9 Å². The van der Waals surface area contributed by atoms with Crippen LogP contribution >= 0.6 is 11.8 Å². The van der Waals surface area contributed by atoms with Crippen molar-refractivity contribution < 1.29 is 28.2 Å². The van der Waals surface area contributed by atoms with E-state index in [1.807, 2.05) is 4.90 Å². The van der Waals surface area contributed by atoms with E-state index >= 15 is 0 Å². The van der Waals surface area contributed by atoms with Crippen LogP contribution in [0.2, 0.25) is 0 Å². The van der Waals surface area contributed by atoms with Gasteiger partial charge >= 0.3 is 5.97 Å². The topological polar surface area (TPSA) is 76.2 Å². The zero-order valence-electron chi connectivity index (χ0n) is 14.1. The average molecular weight is 380 g/mol. The summed E-state index contributed by atoms with van der Waals surface area (Å²) in [6.07, 6.45) is 1.44. The van der Waals surface area contributed by atoms with E-state index < -0.39 is 29.5 Å². The molecule has 1 aromatic rings. The second kappa shape index (κ2) is 7.88. The van der Waals surface area contributed by atoms with Crippen molar-refractivity contribution in [3.63, 3.8) is 0 Å². The first-order valence-electron chi connectivity index (χ1n) is 7.94. The van der Waals surface area contributed by atoms with Crippen molar-refractivity contribution in [2.45, 2.75) is 0 Å². The molecule has 0 spiro atoms. The quantitative estimate of drug-likeness (QED) is 0.583. The number of morpholine rings is 1. The Hall–Kier alpha value is -2.39. The van der Waals surface area contributed by atoms with E-state index in [1.54, 1.807) is 12.1 Å². The number of halogens is 1. The molecular formula is C17H17FN2O5S. The number of benzene rings is 1.